The summed E-state index contributed by atoms with van der Waals surface area (Å²) in [5.74, 6) is 0.268. The Bertz CT molecular complexity index is 773. The van der Waals surface area contributed by atoms with E-state index in [-0.39, 0.29) is 29.7 Å². The molecule has 6 nitrogen and oxygen atoms in total. The van der Waals surface area contributed by atoms with E-state index in [1.807, 2.05) is 18.2 Å². The lowest BCUT2D eigenvalue weighted by Gasteiger charge is -2.26. The Hall–Kier alpha value is -2.89. The van der Waals surface area contributed by atoms with Crippen LogP contribution in [0.3, 0.4) is 0 Å². The van der Waals surface area contributed by atoms with Gasteiger partial charge in [0.2, 0.25) is 0 Å². The molecule has 3 rings (SSSR count). The van der Waals surface area contributed by atoms with Gasteiger partial charge in [0.1, 0.15) is 0 Å². The van der Waals surface area contributed by atoms with Crippen molar-refractivity contribution >= 4 is 17.2 Å². The molecule has 0 radical (unpaired) electrons. The van der Waals surface area contributed by atoms with Gasteiger partial charge in [0.15, 0.2) is 11.5 Å². The molecule has 0 aliphatic carbocycles. The van der Waals surface area contributed by atoms with Crippen LogP contribution in [0.4, 0.5) is 11.4 Å². The third-order valence-corrected chi connectivity index (χ3v) is 3.83. The summed E-state index contributed by atoms with van der Waals surface area (Å²) in [6, 6.07) is 11.8. The number of nitro benzene ring substituents is 1. The average molecular weight is 312 g/mol. The van der Waals surface area contributed by atoms with Crippen molar-refractivity contribution in [3.8, 4) is 5.75 Å². The number of anilines is 1. The maximum absolute atomic E-state index is 12.3. The van der Waals surface area contributed by atoms with Crippen molar-refractivity contribution in [3.63, 3.8) is 0 Å². The lowest BCUT2D eigenvalue weighted by molar-refractivity contribution is -0.385. The van der Waals surface area contributed by atoms with Crippen LogP contribution in [0.1, 0.15) is 35.3 Å². The molecule has 0 aromatic heterocycles. The lowest BCUT2D eigenvalue weighted by Crippen LogP contribution is -2.22. The molecule has 0 amide bonds. The van der Waals surface area contributed by atoms with E-state index in [2.05, 4.69) is 5.32 Å². The minimum Gasteiger partial charge on any atom is -0.487 e. The van der Waals surface area contributed by atoms with Gasteiger partial charge in [0.05, 0.1) is 17.6 Å². The number of nitrogens with one attached hydrogen (secondary N) is 1. The standard InChI is InChI=1S/C17H16N2O4/c1-2-23-17-8-7-11(9-15(17)19(21)22)14-10-16(20)12-5-3-4-6-13(12)18-14/h3-9,14,18H,2,10H2,1H3. The van der Waals surface area contributed by atoms with Crippen LogP contribution in [-0.2, 0) is 0 Å². The Morgan fingerprint density at radius 2 is 2.09 bits per heavy atom. The van der Waals surface area contributed by atoms with E-state index in [4.69, 9.17) is 4.74 Å². The predicted molar refractivity (Wildman–Crippen MR) is 86.0 cm³/mol. The number of benzene rings is 2. The molecule has 1 aliphatic rings. The van der Waals surface area contributed by atoms with Gasteiger partial charge >= 0.3 is 5.69 Å². The number of fused-ring (bicyclic) bond motifs is 1. The maximum Gasteiger partial charge on any atom is 0.311 e. The first-order chi connectivity index (χ1) is 11.1. The van der Waals surface area contributed by atoms with Crippen molar-refractivity contribution in [1.82, 2.24) is 0 Å². The number of ketones is 1. The monoisotopic (exact) mass is 312 g/mol. The van der Waals surface area contributed by atoms with Gasteiger partial charge < -0.3 is 10.1 Å². The summed E-state index contributed by atoms with van der Waals surface area (Å²) in [7, 11) is 0. The largest absolute Gasteiger partial charge is 0.487 e. The van der Waals surface area contributed by atoms with E-state index in [9.17, 15) is 14.9 Å². The molecule has 2 aromatic carbocycles. The van der Waals surface area contributed by atoms with E-state index < -0.39 is 4.92 Å². The highest BCUT2D eigenvalue weighted by Gasteiger charge is 2.27. The zero-order valence-corrected chi connectivity index (χ0v) is 12.6. The fourth-order valence-corrected chi connectivity index (χ4v) is 2.76. The van der Waals surface area contributed by atoms with Gasteiger partial charge in [-0.15, -0.1) is 0 Å². The molecule has 1 atom stereocenters. The molecule has 2 aromatic rings. The molecule has 23 heavy (non-hydrogen) atoms. The summed E-state index contributed by atoms with van der Waals surface area (Å²) < 4.78 is 5.29. The Kier molecular flexibility index (Phi) is 3.97. The molecule has 118 valence electrons. The summed E-state index contributed by atoms with van der Waals surface area (Å²) in [5, 5.41) is 14.5. The molecule has 6 heteroatoms. The number of rotatable bonds is 4. The van der Waals surface area contributed by atoms with Crippen molar-refractivity contribution in [2.45, 2.75) is 19.4 Å². The van der Waals surface area contributed by atoms with Crippen molar-refractivity contribution in [3.05, 3.63) is 63.7 Å². The Morgan fingerprint density at radius 1 is 1.30 bits per heavy atom. The number of ether oxygens (including phenoxy) is 1. The van der Waals surface area contributed by atoms with Gasteiger partial charge in [-0.05, 0) is 30.7 Å². The molecule has 1 unspecified atom stereocenters. The van der Waals surface area contributed by atoms with Crippen LogP contribution < -0.4 is 10.1 Å². The molecule has 0 spiro atoms. The number of hydrogen-bond acceptors (Lipinski definition) is 5. The SMILES string of the molecule is CCOc1ccc(C2CC(=O)c3ccccc3N2)cc1[N+](=O)[O-]. The minimum atomic E-state index is -0.465. The number of nitro groups is 1. The Labute approximate surface area is 133 Å². The normalized spacial score (nSPS) is 16.4. The topological polar surface area (TPSA) is 81.5 Å². The number of hydrogen-bond donors (Lipinski definition) is 1. The van der Waals surface area contributed by atoms with Crippen molar-refractivity contribution in [2.75, 3.05) is 11.9 Å². The van der Waals surface area contributed by atoms with E-state index >= 15 is 0 Å². The highest BCUT2D eigenvalue weighted by atomic mass is 16.6. The highest BCUT2D eigenvalue weighted by Crippen LogP contribution is 2.36. The van der Waals surface area contributed by atoms with Crippen LogP contribution in [0.2, 0.25) is 0 Å². The fraction of sp³-hybridized carbons (Fsp3) is 0.235. The number of nitrogens with zero attached hydrogens (tertiary/aromatic N) is 1. The number of carbonyl (C=O) groups excluding carboxylic acids is 1. The van der Waals surface area contributed by atoms with Gasteiger partial charge in [-0.2, -0.15) is 0 Å². The van der Waals surface area contributed by atoms with Gasteiger partial charge in [-0.1, -0.05) is 18.2 Å². The van der Waals surface area contributed by atoms with Crippen molar-refractivity contribution < 1.29 is 14.5 Å². The summed E-state index contributed by atoms with van der Waals surface area (Å²) in [4.78, 5) is 23.0. The Morgan fingerprint density at radius 3 is 2.83 bits per heavy atom. The average Bonchev–Trinajstić information content (AvgIpc) is 2.55. The maximum atomic E-state index is 12.3. The predicted octanol–water partition coefficient (Wildman–Crippen LogP) is 3.73. The number of carbonyl (C=O) groups is 1. The summed E-state index contributed by atoms with van der Waals surface area (Å²) in [5.41, 5.74) is 2.02. The molecule has 0 fully saturated rings. The van der Waals surface area contributed by atoms with Gasteiger partial charge in [0.25, 0.3) is 0 Å². The van der Waals surface area contributed by atoms with Crippen molar-refractivity contribution in [2.24, 2.45) is 0 Å². The molecule has 1 aliphatic heterocycles. The summed E-state index contributed by atoms with van der Waals surface area (Å²) in [6.07, 6.45) is 0.266. The van der Waals surface area contributed by atoms with E-state index in [0.717, 1.165) is 5.69 Å². The first-order valence-electron chi connectivity index (χ1n) is 7.40. The second-order valence-electron chi connectivity index (χ2n) is 5.29. The van der Waals surface area contributed by atoms with Crippen LogP contribution in [-0.4, -0.2) is 17.3 Å². The van der Waals surface area contributed by atoms with Crippen LogP contribution in [0, 0.1) is 10.1 Å². The fourth-order valence-electron chi connectivity index (χ4n) is 2.76. The third-order valence-electron chi connectivity index (χ3n) is 3.83. The van der Waals surface area contributed by atoms with Crippen LogP contribution in [0.5, 0.6) is 5.75 Å². The smallest absolute Gasteiger partial charge is 0.311 e. The molecule has 0 bridgehead atoms. The molecular formula is C17H16N2O4. The summed E-state index contributed by atoms with van der Waals surface area (Å²) >= 11 is 0. The zero-order valence-electron chi connectivity index (χ0n) is 12.6. The first-order valence-corrected chi connectivity index (χ1v) is 7.40. The molecular weight excluding hydrogens is 296 g/mol. The van der Waals surface area contributed by atoms with Gasteiger partial charge in [0, 0.05) is 23.7 Å². The Balaban J connectivity index is 1.95. The highest BCUT2D eigenvalue weighted by molar-refractivity contribution is 6.03. The quantitative estimate of drug-likeness (QED) is 0.687. The summed E-state index contributed by atoms with van der Waals surface area (Å²) in [6.45, 7) is 2.13. The molecule has 1 N–H and O–H groups in total. The lowest BCUT2D eigenvalue weighted by atomic mass is 9.92. The minimum absolute atomic E-state index is 0.0286. The molecule has 1 heterocycles. The van der Waals surface area contributed by atoms with Crippen molar-refractivity contribution in [1.29, 1.82) is 0 Å². The van der Waals surface area contributed by atoms with Gasteiger partial charge in [-0.25, -0.2) is 0 Å². The number of para-hydroxylation sites is 1. The second-order valence-corrected chi connectivity index (χ2v) is 5.29. The van der Waals surface area contributed by atoms with Gasteiger partial charge in [-0.3, -0.25) is 14.9 Å². The van der Waals surface area contributed by atoms with E-state index in [1.165, 1.54) is 6.07 Å². The van der Waals surface area contributed by atoms with E-state index in [0.29, 0.717) is 17.7 Å². The third kappa shape index (κ3) is 2.88. The first kappa shape index (κ1) is 15.0. The zero-order chi connectivity index (χ0) is 16.4. The van der Waals surface area contributed by atoms with E-state index in [1.54, 1.807) is 25.1 Å². The number of Topliss-reactive ketones (excluding diaryl/α,β-unsaturated/α-hetero) is 1. The van der Waals surface area contributed by atoms with Crippen LogP contribution >= 0.6 is 0 Å². The molecule has 0 saturated carbocycles. The van der Waals surface area contributed by atoms with Crippen LogP contribution in [0.15, 0.2) is 42.5 Å². The molecule has 0 saturated heterocycles. The van der Waals surface area contributed by atoms with Crippen LogP contribution in [0.25, 0.3) is 0 Å². The second kappa shape index (κ2) is 6.08.